The van der Waals surface area contributed by atoms with Gasteiger partial charge in [-0.1, -0.05) is 12.1 Å². The highest BCUT2D eigenvalue weighted by molar-refractivity contribution is 5.87. The lowest BCUT2D eigenvalue weighted by molar-refractivity contribution is -0.132. The fourth-order valence-electron chi connectivity index (χ4n) is 3.33. The predicted molar refractivity (Wildman–Crippen MR) is 94.5 cm³/mol. The number of carboxylic acid groups (broad SMARTS) is 1. The molecule has 0 radical (unpaired) electrons. The van der Waals surface area contributed by atoms with Crippen LogP contribution >= 0.6 is 0 Å². The summed E-state index contributed by atoms with van der Waals surface area (Å²) in [6.45, 7) is 1.51. The fraction of sp³-hybridized carbons (Fsp3) is 0.350. The molecule has 1 fully saturated rings. The van der Waals surface area contributed by atoms with Crippen LogP contribution in [0, 0.1) is 0 Å². The number of benzene rings is 1. The Bertz CT molecular complexity index is 728. The molecule has 0 unspecified atom stereocenters. The molecule has 1 saturated heterocycles. The minimum atomic E-state index is -0.914. The van der Waals surface area contributed by atoms with E-state index in [4.69, 9.17) is 5.11 Å². The molecule has 5 nitrogen and oxygen atoms in total. The van der Waals surface area contributed by atoms with E-state index in [0.29, 0.717) is 18.5 Å². The molecular weight excluding hydrogens is 316 g/mol. The van der Waals surface area contributed by atoms with Crippen molar-refractivity contribution in [2.75, 3.05) is 13.1 Å². The molecule has 3 rings (SSSR count). The van der Waals surface area contributed by atoms with Gasteiger partial charge in [-0.15, -0.1) is 0 Å². The van der Waals surface area contributed by atoms with Gasteiger partial charge in [0.25, 0.3) is 0 Å². The van der Waals surface area contributed by atoms with E-state index in [1.807, 2.05) is 29.2 Å². The molecule has 2 aromatic rings. The van der Waals surface area contributed by atoms with Crippen LogP contribution in [-0.2, 0) is 11.2 Å². The first-order valence-electron chi connectivity index (χ1n) is 8.63. The summed E-state index contributed by atoms with van der Waals surface area (Å²) < 4.78 is 0. The van der Waals surface area contributed by atoms with Crippen molar-refractivity contribution in [3.63, 3.8) is 0 Å². The molecule has 1 aliphatic heterocycles. The van der Waals surface area contributed by atoms with E-state index in [9.17, 15) is 9.59 Å². The lowest BCUT2D eigenvalue weighted by Gasteiger charge is -2.33. The number of amides is 1. The van der Waals surface area contributed by atoms with Gasteiger partial charge >= 0.3 is 5.97 Å². The number of nitrogens with zero attached hydrogens (tertiary/aromatic N) is 2. The number of likely N-dealkylation sites (tertiary alicyclic amines) is 1. The van der Waals surface area contributed by atoms with E-state index in [1.54, 1.807) is 24.5 Å². The van der Waals surface area contributed by atoms with Gasteiger partial charge in [-0.05, 0) is 54.7 Å². The molecule has 1 N–H and O–H groups in total. The molecule has 5 heteroatoms. The van der Waals surface area contributed by atoms with Gasteiger partial charge in [-0.2, -0.15) is 0 Å². The summed E-state index contributed by atoms with van der Waals surface area (Å²) >= 11 is 0. The van der Waals surface area contributed by atoms with Crippen LogP contribution in [-0.4, -0.2) is 40.0 Å². The highest BCUT2D eigenvalue weighted by Gasteiger charge is 2.24. The first-order chi connectivity index (χ1) is 12.1. The lowest BCUT2D eigenvalue weighted by Crippen LogP contribution is -2.39. The molecule has 25 heavy (non-hydrogen) atoms. The molecule has 1 aliphatic rings. The van der Waals surface area contributed by atoms with Crippen molar-refractivity contribution in [3.05, 3.63) is 65.5 Å². The molecule has 2 heterocycles. The maximum atomic E-state index is 12.5. The number of rotatable bonds is 5. The van der Waals surface area contributed by atoms with E-state index in [0.717, 1.165) is 36.9 Å². The van der Waals surface area contributed by atoms with Crippen LogP contribution in [0.4, 0.5) is 0 Å². The second kappa shape index (κ2) is 7.92. The second-order valence-corrected chi connectivity index (χ2v) is 6.46. The van der Waals surface area contributed by atoms with E-state index in [1.165, 1.54) is 0 Å². The van der Waals surface area contributed by atoms with Crippen LogP contribution < -0.4 is 0 Å². The second-order valence-electron chi connectivity index (χ2n) is 6.46. The summed E-state index contributed by atoms with van der Waals surface area (Å²) in [5.41, 5.74) is 2.53. The largest absolute Gasteiger partial charge is 0.478 e. The smallest absolute Gasteiger partial charge is 0.335 e. The van der Waals surface area contributed by atoms with Gasteiger partial charge in [-0.25, -0.2) is 4.79 Å². The maximum absolute atomic E-state index is 12.5. The summed E-state index contributed by atoms with van der Waals surface area (Å²) in [6.07, 6.45) is 6.74. The molecule has 0 aliphatic carbocycles. The number of piperidine rings is 1. The van der Waals surface area contributed by atoms with Crippen molar-refractivity contribution in [3.8, 4) is 0 Å². The third kappa shape index (κ3) is 4.44. The monoisotopic (exact) mass is 338 g/mol. The Morgan fingerprint density at radius 1 is 1.12 bits per heavy atom. The molecule has 1 aromatic carbocycles. The van der Waals surface area contributed by atoms with Crippen LogP contribution in [0.25, 0.3) is 0 Å². The van der Waals surface area contributed by atoms with Crippen molar-refractivity contribution in [1.82, 2.24) is 9.88 Å². The van der Waals surface area contributed by atoms with Gasteiger partial charge in [0, 0.05) is 37.8 Å². The van der Waals surface area contributed by atoms with E-state index in [-0.39, 0.29) is 11.8 Å². The Kier molecular flexibility index (Phi) is 5.43. The summed E-state index contributed by atoms with van der Waals surface area (Å²) in [6, 6.07) is 10.9. The third-order valence-corrected chi connectivity index (χ3v) is 4.78. The Morgan fingerprint density at radius 2 is 1.84 bits per heavy atom. The topological polar surface area (TPSA) is 70.5 Å². The van der Waals surface area contributed by atoms with Crippen LogP contribution in [0.15, 0.2) is 48.8 Å². The quantitative estimate of drug-likeness (QED) is 0.909. The van der Waals surface area contributed by atoms with Gasteiger partial charge in [0.1, 0.15) is 0 Å². The van der Waals surface area contributed by atoms with E-state index < -0.39 is 5.97 Å². The standard InChI is InChI=1S/C20H22N2O3/c23-19(8-3-15-9-11-21-12-10-15)22-13-1-2-18(14-22)16-4-6-17(7-5-16)20(24)25/h4-7,9-12,18H,1-3,8,13-14H2,(H,24,25)/t18-/m1/s1. The van der Waals surface area contributed by atoms with Crippen LogP contribution in [0.2, 0.25) is 0 Å². The minimum absolute atomic E-state index is 0.184. The minimum Gasteiger partial charge on any atom is -0.478 e. The highest BCUT2D eigenvalue weighted by atomic mass is 16.4. The number of aromatic carboxylic acids is 1. The number of carboxylic acids is 1. The molecule has 0 saturated carbocycles. The number of carbonyl (C=O) groups is 2. The molecule has 1 aromatic heterocycles. The summed E-state index contributed by atoms with van der Waals surface area (Å²) in [5, 5.41) is 9.00. The number of aromatic nitrogens is 1. The van der Waals surface area contributed by atoms with Crippen molar-refractivity contribution < 1.29 is 14.7 Å². The lowest BCUT2D eigenvalue weighted by atomic mass is 9.90. The first-order valence-corrected chi connectivity index (χ1v) is 8.63. The third-order valence-electron chi connectivity index (χ3n) is 4.78. The van der Waals surface area contributed by atoms with Gasteiger partial charge in [0.2, 0.25) is 5.91 Å². The summed E-state index contributed by atoms with van der Waals surface area (Å²) in [5.74, 6) is -0.451. The zero-order valence-electron chi connectivity index (χ0n) is 14.1. The van der Waals surface area contributed by atoms with E-state index >= 15 is 0 Å². The number of hydrogen-bond acceptors (Lipinski definition) is 3. The van der Waals surface area contributed by atoms with Crippen molar-refractivity contribution in [1.29, 1.82) is 0 Å². The number of carbonyl (C=O) groups excluding carboxylic acids is 1. The van der Waals surface area contributed by atoms with Crippen molar-refractivity contribution >= 4 is 11.9 Å². The molecule has 1 atom stereocenters. The fourth-order valence-corrected chi connectivity index (χ4v) is 3.33. The Balaban J connectivity index is 1.58. The molecule has 130 valence electrons. The maximum Gasteiger partial charge on any atom is 0.335 e. The average Bonchev–Trinajstić information content (AvgIpc) is 2.67. The summed E-state index contributed by atoms with van der Waals surface area (Å²) in [4.78, 5) is 29.4. The van der Waals surface area contributed by atoms with Gasteiger partial charge in [0.05, 0.1) is 5.56 Å². The van der Waals surface area contributed by atoms with E-state index in [2.05, 4.69) is 4.98 Å². The molecule has 0 bridgehead atoms. The van der Waals surface area contributed by atoms with Crippen LogP contribution in [0.1, 0.15) is 46.7 Å². The SMILES string of the molecule is O=C(O)c1ccc([C@@H]2CCCN(C(=O)CCc3ccncc3)C2)cc1. The van der Waals surface area contributed by atoms with Crippen molar-refractivity contribution in [2.45, 2.75) is 31.6 Å². The highest BCUT2D eigenvalue weighted by Crippen LogP contribution is 2.27. The Hall–Kier alpha value is -2.69. The predicted octanol–water partition coefficient (Wildman–Crippen LogP) is 3.12. The Morgan fingerprint density at radius 3 is 2.52 bits per heavy atom. The number of pyridine rings is 1. The van der Waals surface area contributed by atoms with Gasteiger partial charge in [0.15, 0.2) is 0 Å². The average molecular weight is 338 g/mol. The number of aryl methyl sites for hydroxylation is 1. The first kappa shape index (κ1) is 17.1. The molecular formula is C20H22N2O3. The zero-order chi connectivity index (χ0) is 17.6. The zero-order valence-corrected chi connectivity index (χ0v) is 14.1. The molecule has 0 spiro atoms. The van der Waals surface area contributed by atoms with Gasteiger partial charge < -0.3 is 10.0 Å². The number of hydrogen-bond donors (Lipinski definition) is 1. The summed E-state index contributed by atoms with van der Waals surface area (Å²) in [7, 11) is 0. The van der Waals surface area contributed by atoms with Crippen LogP contribution in [0.3, 0.4) is 0 Å². The van der Waals surface area contributed by atoms with Crippen LogP contribution in [0.5, 0.6) is 0 Å². The Labute approximate surface area is 147 Å². The normalized spacial score (nSPS) is 17.3. The molecule has 1 amide bonds. The van der Waals surface area contributed by atoms with Crippen molar-refractivity contribution in [2.24, 2.45) is 0 Å². The van der Waals surface area contributed by atoms with Gasteiger partial charge in [-0.3, -0.25) is 9.78 Å².